The third-order valence-electron chi connectivity index (χ3n) is 5.76. The van der Waals surface area contributed by atoms with Crippen LogP contribution < -0.4 is 15.4 Å². The molecule has 0 unspecified atom stereocenters. The van der Waals surface area contributed by atoms with E-state index in [1.165, 1.54) is 12.1 Å². The van der Waals surface area contributed by atoms with E-state index in [2.05, 4.69) is 41.1 Å². The third-order valence-corrected chi connectivity index (χ3v) is 5.76. The Morgan fingerprint density at radius 2 is 1.56 bits per heavy atom. The fourth-order valence-electron chi connectivity index (χ4n) is 3.83. The number of tetrazole rings is 1. The number of H-pyrrole nitrogens is 1. The van der Waals surface area contributed by atoms with E-state index in [1.807, 2.05) is 0 Å². The van der Waals surface area contributed by atoms with Gasteiger partial charge in [-0.15, -0.1) is 18.3 Å². The molecule has 220 valence electrons. The zero-order valence-electron chi connectivity index (χ0n) is 21.3. The highest BCUT2D eigenvalue weighted by Crippen LogP contribution is 2.27. The first-order valence-electron chi connectivity index (χ1n) is 12.0. The van der Waals surface area contributed by atoms with Crippen LogP contribution in [0.25, 0.3) is 11.3 Å². The Bertz CT molecular complexity index is 1770. The number of benzene rings is 3. The third kappa shape index (κ3) is 6.95. The van der Waals surface area contributed by atoms with Gasteiger partial charge in [-0.2, -0.15) is 10.3 Å². The minimum atomic E-state index is -4.90. The van der Waals surface area contributed by atoms with Crippen LogP contribution in [-0.2, 0) is 6.54 Å². The number of halogens is 6. The van der Waals surface area contributed by atoms with E-state index in [-0.39, 0.29) is 35.1 Å². The lowest BCUT2D eigenvalue weighted by Gasteiger charge is -2.11. The average molecular weight is 602 g/mol. The predicted octanol–water partition coefficient (Wildman–Crippen LogP) is 4.93. The van der Waals surface area contributed by atoms with E-state index in [1.54, 1.807) is 12.1 Å². The van der Waals surface area contributed by atoms with Crippen molar-refractivity contribution < 1.29 is 40.7 Å². The molecule has 0 saturated carbocycles. The number of rotatable bonds is 8. The van der Waals surface area contributed by atoms with Crippen molar-refractivity contribution in [2.75, 3.05) is 10.6 Å². The summed E-state index contributed by atoms with van der Waals surface area (Å²) in [6, 6.07) is 12.4. The normalized spacial score (nSPS) is 11.3. The molecule has 0 saturated heterocycles. The first-order chi connectivity index (χ1) is 20.4. The first-order valence-corrected chi connectivity index (χ1v) is 12.0. The highest BCUT2D eigenvalue weighted by molar-refractivity contribution is 6.04. The van der Waals surface area contributed by atoms with Crippen molar-refractivity contribution in [3.63, 3.8) is 0 Å². The quantitative estimate of drug-likeness (QED) is 0.169. The van der Waals surface area contributed by atoms with Gasteiger partial charge in [0.1, 0.15) is 17.3 Å². The molecule has 0 spiro atoms. The van der Waals surface area contributed by atoms with Gasteiger partial charge in [-0.3, -0.25) is 19.6 Å². The number of ether oxygens (including phenoxy) is 1. The van der Waals surface area contributed by atoms with Gasteiger partial charge in [0.25, 0.3) is 17.8 Å². The van der Waals surface area contributed by atoms with Crippen molar-refractivity contribution in [1.29, 1.82) is 0 Å². The fourth-order valence-corrected chi connectivity index (χ4v) is 3.83. The molecule has 0 fully saturated rings. The monoisotopic (exact) mass is 602 g/mol. The number of carbonyl (C=O) groups excluding carboxylic acids is 2. The zero-order valence-corrected chi connectivity index (χ0v) is 21.3. The molecule has 0 aliphatic carbocycles. The fraction of sp³-hybridized carbons (Fsp3) is 0.0769. The summed E-state index contributed by atoms with van der Waals surface area (Å²) in [5.74, 6) is -5.78. The molecule has 0 aliphatic rings. The summed E-state index contributed by atoms with van der Waals surface area (Å²) in [4.78, 5) is 25.6. The van der Waals surface area contributed by atoms with Crippen LogP contribution in [0.1, 0.15) is 26.4 Å². The molecule has 2 aromatic heterocycles. The van der Waals surface area contributed by atoms with Gasteiger partial charge in [-0.05, 0) is 59.3 Å². The Balaban J connectivity index is 1.41. The van der Waals surface area contributed by atoms with Gasteiger partial charge in [0.15, 0.2) is 11.6 Å². The molecule has 2 amide bonds. The summed E-state index contributed by atoms with van der Waals surface area (Å²) < 4.78 is 84.3. The second-order valence-electron chi connectivity index (χ2n) is 8.73. The number of alkyl halides is 3. The maximum Gasteiger partial charge on any atom is 0.573 e. The van der Waals surface area contributed by atoms with Gasteiger partial charge < -0.3 is 10.1 Å². The van der Waals surface area contributed by atoms with Crippen molar-refractivity contribution in [3.05, 3.63) is 101 Å². The zero-order chi connectivity index (χ0) is 30.7. The van der Waals surface area contributed by atoms with Crippen molar-refractivity contribution in [2.24, 2.45) is 0 Å². The topological polar surface area (TPSA) is 140 Å². The number of hydrogen-bond donors (Lipinski definition) is 3. The number of aromatic amines is 1. The van der Waals surface area contributed by atoms with E-state index >= 15 is 0 Å². The molecular weight excluding hydrogens is 586 g/mol. The largest absolute Gasteiger partial charge is 0.573 e. The number of nitrogens with one attached hydrogen (secondary N) is 3. The van der Waals surface area contributed by atoms with Crippen LogP contribution in [-0.4, -0.2) is 48.6 Å². The Kier molecular flexibility index (Phi) is 7.78. The van der Waals surface area contributed by atoms with Gasteiger partial charge in [0.2, 0.25) is 0 Å². The molecular formula is C26H16F6N8O3. The van der Waals surface area contributed by atoms with Crippen molar-refractivity contribution in [2.45, 2.75) is 12.9 Å². The molecule has 0 radical (unpaired) electrons. The van der Waals surface area contributed by atoms with Gasteiger partial charge in [-0.25, -0.2) is 13.2 Å². The number of amides is 2. The second kappa shape index (κ2) is 11.6. The molecule has 0 atom stereocenters. The summed E-state index contributed by atoms with van der Waals surface area (Å²) in [5.41, 5.74) is 0.0626. The summed E-state index contributed by atoms with van der Waals surface area (Å²) in [7, 11) is 0. The summed E-state index contributed by atoms with van der Waals surface area (Å²) >= 11 is 0. The highest BCUT2D eigenvalue weighted by atomic mass is 19.4. The Labute approximate surface area is 236 Å². The van der Waals surface area contributed by atoms with Crippen LogP contribution in [0.4, 0.5) is 38.0 Å². The van der Waals surface area contributed by atoms with Crippen LogP contribution in [0.2, 0.25) is 0 Å². The standard InChI is InChI=1S/C26H16F6N8O3/c27-18-10-20(29)19(28)9-17(18)21-11-22(24(42)33-15-5-7-16(8-6-15)43-26(30,31)32)40(37-21)12-13-1-3-14(4-2-13)23(41)34-25-35-38-39-36-25/h1-11H,12H2,(H,33,42)(H2,34,35,36,38,39,41). The summed E-state index contributed by atoms with van der Waals surface area (Å²) in [6.45, 7) is -0.0981. The predicted molar refractivity (Wildman–Crippen MR) is 136 cm³/mol. The van der Waals surface area contributed by atoms with Gasteiger partial charge in [-0.1, -0.05) is 17.2 Å². The molecule has 5 rings (SSSR count). The summed E-state index contributed by atoms with van der Waals surface area (Å²) in [6.07, 6.45) is -4.90. The number of carbonyl (C=O) groups is 2. The number of nitrogens with zero attached hydrogens (tertiary/aromatic N) is 5. The number of anilines is 2. The lowest BCUT2D eigenvalue weighted by Crippen LogP contribution is -2.19. The molecule has 5 aromatic rings. The lowest BCUT2D eigenvalue weighted by atomic mass is 10.1. The Morgan fingerprint density at radius 3 is 2.21 bits per heavy atom. The maximum absolute atomic E-state index is 14.5. The smallest absolute Gasteiger partial charge is 0.406 e. The Hall–Kier alpha value is -5.74. The van der Waals surface area contributed by atoms with Crippen LogP contribution in [0, 0.1) is 17.5 Å². The van der Waals surface area contributed by atoms with E-state index in [0.29, 0.717) is 17.7 Å². The van der Waals surface area contributed by atoms with Crippen LogP contribution in [0.5, 0.6) is 5.75 Å². The first kappa shape index (κ1) is 28.8. The van der Waals surface area contributed by atoms with E-state index < -0.39 is 46.9 Å². The minimum Gasteiger partial charge on any atom is -0.406 e. The molecule has 11 nitrogen and oxygen atoms in total. The minimum absolute atomic E-state index is 0.0409. The van der Waals surface area contributed by atoms with Gasteiger partial charge in [0, 0.05) is 22.9 Å². The molecule has 43 heavy (non-hydrogen) atoms. The Morgan fingerprint density at radius 1 is 0.860 bits per heavy atom. The van der Waals surface area contributed by atoms with Crippen LogP contribution in [0.15, 0.2) is 66.7 Å². The number of hydrogen-bond acceptors (Lipinski definition) is 7. The molecule has 3 N–H and O–H groups in total. The average Bonchev–Trinajstić information content (AvgIpc) is 3.61. The number of aromatic nitrogens is 6. The second-order valence-corrected chi connectivity index (χ2v) is 8.73. The highest BCUT2D eigenvalue weighted by Gasteiger charge is 2.31. The van der Waals surface area contributed by atoms with Crippen molar-refractivity contribution in [3.8, 4) is 17.0 Å². The SMILES string of the molecule is O=C(Nc1nn[nH]n1)c1ccc(Cn2nc(-c3cc(F)c(F)cc3F)cc2C(=O)Nc2ccc(OC(F)(F)F)cc2)cc1. The molecule has 0 aliphatic heterocycles. The van der Waals surface area contributed by atoms with Gasteiger partial charge in [0.05, 0.1) is 12.2 Å². The maximum atomic E-state index is 14.5. The van der Waals surface area contributed by atoms with E-state index in [9.17, 15) is 35.9 Å². The van der Waals surface area contributed by atoms with Crippen LogP contribution in [0.3, 0.4) is 0 Å². The van der Waals surface area contributed by atoms with E-state index in [0.717, 1.165) is 35.0 Å². The summed E-state index contributed by atoms with van der Waals surface area (Å²) in [5, 5.41) is 21.9. The van der Waals surface area contributed by atoms with E-state index in [4.69, 9.17) is 0 Å². The molecule has 3 aromatic carbocycles. The lowest BCUT2D eigenvalue weighted by molar-refractivity contribution is -0.274. The molecule has 2 heterocycles. The molecule has 0 bridgehead atoms. The van der Waals surface area contributed by atoms with Crippen LogP contribution >= 0.6 is 0 Å². The van der Waals surface area contributed by atoms with Gasteiger partial charge >= 0.3 is 6.36 Å². The molecule has 17 heteroatoms. The van der Waals surface area contributed by atoms with Crippen molar-refractivity contribution in [1.82, 2.24) is 30.4 Å². The van der Waals surface area contributed by atoms with Crippen molar-refractivity contribution >= 4 is 23.5 Å².